The first-order chi connectivity index (χ1) is 9.16. The molecule has 2 rings (SSSR count). The van der Waals surface area contributed by atoms with Crippen molar-refractivity contribution in [3.05, 3.63) is 35.9 Å². The van der Waals surface area contributed by atoms with E-state index in [1.54, 1.807) is 0 Å². The highest BCUT2D eigenvalue weighted by atomic mass is 16.1. The topological polar surface area (TPSA) is 20.3 Å². The molecule has 2 heteroatoms. The van der Waals surface area contributed by atoms with Crippen molar-refractivity contribution in [2.45, 2.75) is 45.1 Å². The third-order valence-corrected chi connectivity index (χ3v) is 4.32. The molecule has 0 amide bonds. The van der Waals surface area contributed by atoms with E-state index in [-0.39, 0.29) is 5.78 Å². The molecular weight excluding hydrogens is 234 g/mol. The predicted octanol–water partition coefficient (Wildman–Crippen LogP) is 3.77. The fraction of sp³-hybridized carbons (Fsp3) is 0.588. The van der Waals surface area contributed by atoms with Crippen LogP contribution >= 0.6 is 0 Å². The second-order valence-corrected chi connectivity index (χ2v) is 5.95. The Morgan fingerprint density at radius 3 is 2.68 bits per heavy atom. The van der Waals surface area contributed by atoms with Gasteiger partial charge in [-0.05, 0) is 25.8 Å². The first kappa shape index (κ1) is 14.3. The van der Waals surface area contributed by atoms with Crippen LogP contribution in [0.4, 0.5) is 0 Å². The second kappa shape index (κ2) is 6.85. The van der Waals surface area contributed by atoms with Crippen LogP contribution in [0, 0.1) is 5.92 Å². The molecule has 0 bridgehead atoms. The van der Waals surface area contributed by atoms with Crippen molar-refractivity contribution in [2.24, 2.45) is 5.92 Å². The Labute approximate surface area is 116 Å². The monoisotopic (exact) mass is 259 g/mol. The fourth-order valence-electron chi connectivity index (χ4n) is 3.03. The molecule has 1 fully saturated rings. The Morgan fingerprint density at radius 2 is 2.00 bits per heavy atom. The summed E-state index contributed by atoms with van der Waals surface area (Å²) in [5, 5.41) is 0. The lowest BCUT2D eigenvalue weighted by Gasteiger charge is -2.34. The summed E-state index contributed by atoms with van der Waals surface area (Å²) in [7, 11) is 2.17. The molecule has 0 heterocycles. The number of carbonyl (C=O) groups is 1. The van der Waals surface area contributed by atoms with Gasteiger partial charge in [-0.15, -0.1) is 0 Å². The van der Waals surface area contributed by atoms with Crippen LogP contribution < -0.4 is 0 Å². The van der Waals surface area contributed by atoms with E-state index in [1.165, 1.54) is 25.7 Å². The lowest BCUT2D eigenvalue weighted by atomic mass is 9.86. The van der Waals surface area contributed by atoms with Gasteiger partial charge in [0, 0.05) is 24.6 Å². The zero-order chi connectivity index (χ0) is 13.7. The lowest BCUT2D eigenvalue weighted by Crippen LogP contribution is -2.36. The van der Waals surface area contributed by atoms with Crippen LogP contribution in [0.5, 0.6) is 0 Å². The van der Waals surface area contributed by atoms with Crippen molar-refractivity contribution >= 4 is 5.78 Å². The summed E-state index contributed by atoms with van der Waals surface area (Å²) < 4.78 is 0. The molecule has 1 aromatic rings. The number of Topliss-reactive ketones (excluding diaryl/α,β-unsaturated/α-hetero) is 1. The Balaban J connectivity index is 1.80. The quantitative estimate of drug-likeness (QED) is 0.750. The number of benzene rings is 1. The molecule has 1 saturated carbocycles. The van der Waals surface area contributed by atoms with Crippen LogP contribution in [0.25, 0.3) is 0 Å². The molecule has 0 aromatic heterocycles. The van der Waals surface area contributed by atoms with Crippen LogP contribution in [-0.4, -0.2) is 30.3 Å². The minimum absolute atomic E-state index is 0.260. The van der Waals surface area contributed by atoms with Gasteiger partial charge in [0.15, 0.2) is 5.78 Å². The van der Waals surface area contributed by atoms with Gasteiger partial charge in [-0.1, -0.05) is 50.1 Å². The van der Waals surface area contributed by atoms with Crippen molar-refractivity contribution in [2.75, 3.05) is 13.6 Å². The molecule has 2 unspecified atom stereocenters. The minimum atomic E-state index is 0.260. The molecule has 19 heavy (non-hydrogen) atoms. The summed E-state index contributed by atoms with van der Waals surface area (Å²) in [6.07, 6.45) is 5.91. The summed E-state index contributed by atoms with van der Waals surface area (Å²) in [4.78, 5) is 14.5. The van der Waals surface area contributed by atoms with Gasteiger partial charge in [0.25, 0.3) is 0 Å². The van der Waals surface area contributed by atoms with Crippen molar-refractivity contribution in [1.29, 1.82) is 0 Å². The van der Waals surface area contributed by atoms with E-state index >= 15 is 0 Å². The molecule has 2 atom stereocenters. The summed E-state index contributed by atoms with van der Waals surface area (Å²) >= 11 is 0. The van der Waals surface area contributed by atoms with Gasteiger partial charge in [-0.2, -0.15) is 0 Å². The fourth-order valence-corrected chi connectivity index (χ4v) is 3.03. The van der Waals surface area contributed by atoms with Crippen molar-refractivity contribution in [1.82, 2.24) is 4.90 Å². The summed E-state index contributed by atoms with van der Waals surface area (Å²) in [5.74, 6) is 1.10. The second-order valence-electron chi connectivity index (χ2n) is 5.95. The SMILES string of the molecule is CC1CCCC(N(C)CCC(=O)c2ccccc2)C1. The van der Waals surface area contributed by atoms with E-state index in [4.69, 9.17) is 0 Å². The van der Waals surface area contributed by atoms with E-state index in [2.05, 4.69) is 18.9 Å². The number of rotatable bonds is 5. The van der Waals surface area contributed by atoms with E-state index in [0.717, 1.165) is 18.0 Å². The van der Waals surface area contributed by atoms with E-state index in [9.17, 15) is 4.79 Å². The first-order valence-corrected chi connectivity index (χ1v) is 7.45. The molecule has 0 radical (unpaired) electrons. The molecule has 2 nitrogen and oxygen atoms in total. The number of hydrogen-bond acceptors (Lipinski definition) is 2. The smallest absolute Gasteiger partial charge is 0.164 e. The van der Waals surface area contributed by atoms with Gasteiger partial charge < -0.3 is 4.90 Å². The molecular formula is C17H25NO. The normalized spacial score (nSPS) is 23.5. The number of carbonyl (C=O) groups excluding carboxylic acids is 1. The lowest BCUT2D eigenvalue weighted by molar-refractivity contribution is 0.0945. The van der Waals surface area contributed by atoms with Gasteiger partial charge in [0.2, 0.25) is 0 Å². The van der Waals surface area contributed by atoms with Crippen LogP contribution in [-0.2, 0) is 0 Å². The molecule has 0 spiro atoms. The average Bonchev–Trinajstić information content (AvgIpc) is 2.45. The zero-order valence-electron chi connectivity index (χ0n) is 12.1. The maximum Gasteiger partial charge on any atom is 0.164 e. The number of nitrogens with zero attached hydrogens (tertiary/aromatic N) is 1. The Bertz CT molecular complexity index is 401. The van der Waals surface area contributed by atoms with Crippen molar-refractivity contribution in [3.8, 4) is 0 Å². The highest BCUT2D eigenvalue weighted by Gasteiger charge is 2.22. The van der Waals surface area contributed by atoms with Crippen LogP contribution in [0.1, 0.15) is 49.4 Å². The Morgan fingerprint density at radius 1 is 1.26 bits per heavy atom. The summed E-state index contributed by atoms with van der Waals surface area (Å²) in [6.45, 7) is 3.22. The maximum absolute atomic E-state index is 12.1. The van der Waals surface area contributed by atoms with Crippen LogP contribution in [0.3, 0.4) is 0 Å². The molecule has 1 aliphatic carbocycles. The predicted molar refractivity (Wildman–Crippen MR) is 79.4 cm³/mol. The zero-order valence-corrected chi connectivity index (χ0v) is 12.1. The molecule has 0 saturated heterocycles. The van der Waals surface area contributed by atoms with Gasteiger partial charge in [0.1, 0.15) is 0 Å². The minimum Gasteiger partial charge on any atom is -0.303 e. The highest BCUT2D eigenvalue weighted by Crippen LogP contribution is 2.26. The third kappa shape index (κ3) is 4.17. The van der Waals surface area contributed by atoms with Gasteiger partial charge >= 0.3 is 0 Å². The molecule has 1 aliphatic rings. The summed E-state index contributed by atoms with van der Waals surface area (Å²) in [6, 6.07) is 10.3. The van der Waals surface area contributed by atoms with Gasteiger partial charge in [0.05, 0.1) is 0 Å². The largest absolute Gasteiger partial charge is 0.303 e. The first-order valence-electron chi connectivity index (χ1n) is 7.45. The number of hydrogen-bond donors (Lipinski definition) is 0. The van der Waals surface area contributed by atoms with E-state index in [1.807, 2.05) is 30.3 Å². The van der Waals surface area contributed by atoms with Crippen LogP contribution in [0.2, 0.25) is 0 Å². The average molecular weight is 259 g/mol. The Hall–Kier alpha value is -1.15. The number of ketones is 1. The molecule has 0 N–H and O–H groups in total. The highest BCUT2D eigenvalue weighted by molar-refractivity contribution is 5.96. The van der Waals surface area contributed by atoms with Crippen LogP contribution in [0.15, 0.2) is 30.3 Å². The van der Waals surface area contributed by atoms with E-state index in [0.29, 0.717) is 12.5 Å². The Kier molecular flexibility index (Phi) is 5.15. The molecule has 104 valence electrons. The third-order valence-electron chi connectivity index (χ3n) is 4.32. The standard InChI is InChI=1S/C17H25NO/c1-14-7-6-10-16(13-14)18(2)12-11-17(19)15-8-4-3-5-9-15/h3-5,8-9,14,16H,6-7,10-13H2,1-2H3. The summed E-state index contributed by atoms with van der Waals surface area (Å²) in [5.41, 5.74) is 0.841. The van der Waals surface area contributed by atoms with Crippen molar-refractivity contribution < 1.29 is 4.79 Å². The maximum atomic E-state index is 12.1. The molecule has 1 aromatic carbocycles. The van der Waals surface area contributed by atoms with Gasteiger partial charge in [-0.3, -0.25) is 4.79 Å². The van der Waals surface area contributed by atoms with Crippen molar-refractivity contribution in [3.63, 3.8) is 0 Å². The van der Waals surface area contributed by atoms with E-state index < -0.39 is 0 Å². The molecule has 0 aliphatic heterocycles. The van der Waals surface area contributed by atoms with Gasteiger partial charge in [-0.25, -0.2) is 0 Å².